The van der Waals surface area contributed by atoms with Crippen LogP contribution in [0.4, 0.5) is 0 Å². The van der Waals surface area contributed by atoms with E-state index in [4.69, 9.17) is 4.74 Å². The minimum atomic E-state index is 0.457. The van der Waals surface area contributed by atoms with Gasteiger partial charge in [-0.15, -0.1) is 10.2 Å². The quantitative estimate of drug-likeness (QED) is 0.381. The fraction of sp³-hybridized carbons (Fsp3) is 0.261. The molecule has 4 aromatic rings. The molecule has 30 heavy (non-hydrogen) atoms. The van der Waals surface area contributed by atoms with Crippen LogP contribution in [0.5, 0.6) is 5.75 Å². The Balaban J connectivity index is 1.39. The first-order chi connectivity index (χ1) is 14.6. The number of rotatable bonds is 8. The fourth-order valence-electron chi connectivity index (χ4n) is 3.19. The highest BCUT2D eigenvalue weighted by molar-refractivity contribution is 7.98. The zero-order chi connectivity index (χ0) is 20.9. The first-order valence-corrected chi connectivity index (χ1v) is 10.9. The van der Waals surface area contributed by atoms with E-state index >= 15 is 0 Å². The molecule has 0 unspecified atom stereocenters. The van der Waals surface area contributed by atoms with Crippen molar-refractivity contribution in [3.63, 3.8) is 0 Å². The standard InChI is InChI=1S/C23H25N5OS/c1-4-28-22(19-7-5-6-17(2)14-19)25-26-23(28)30-16-18-8-10-20(11-9-18)29-15-21-24-12-13-27(21)3/h5-14H,4,15-16H2,1-3H3. The predicted molar refractivity (Wildman–Crippen MR) is 119 cm³/mol. The molecule has 0 N–H and O–H groups in total. The van der Waals surface area contributed by atoms with Crippen LogP contribution in [0.2, 0.25) is 0 Å². The summed E-state index contributed by atoms with van der Waals surface area (Å²) in [5.74, 6) is 3.48. The van der Waals surface area contributed by atoms with E-state index in [9.17, 15) is 0 Å². The molecule has 4 rings (SSSR count). The van der Waals surface area contributed by atoms with Gasteiger partial charge >= 0.3 is 0 Å². The number of nitrogens with zero attached hydrogens (tertiary/aromatic N) is 5. The average molecular weight is 420 g/mol. The third-order valence-electron chi connectivity index (χ3n) is 4.89. The second kappa shape index (κ2) is 9.17. The van der Waals surface area contributed by atoms with Gasteiger partial charge in [0.05, 0.1) is 0 Å². The maximum atomic E-state index is 5.83. The Kier molecular flexibility index (Phi) is 6.18. The number of aryl methyl sites for hydroxylation is 2. The number of thioether (sulfide) groups is 1. The molecular weight excluding hydrogens is 394 g/mol. The van der Waals surface area contributed by atoms with Gasteiger partial charge in [-0.05, 0) is 37.6 Å². The summed E-state index contributed by atoms with van der Waals surface area (Å²) in [6.45, 7) is 5.51. The number of aromatic nitrogens is 5. The molecule has 0 radical (unpaired) electrons. The van der Waals surface area contributed by atoms with Crippen LogP contribution >= 0.6 is 11.8 Å². The molecule has 0 bridgehead atoms. The monoisotopic (exact) mass is 419 g/mol. The fourth-order valence-corrected chi connectivity index (χ4v) is 4.15. The molecule has 0 fully saturated rings. The van der Waals surface area contributed by atoms with Gasteiger partial charge in [0, 0.05) is 37.3 Å². The zero-order valence-electron chi connectivity index (χ0n) is 17.4. The van der Waals surface area contributed by atoms with Gasteiger partial charge in [-0.25, -0.2) is 4.98 Å². The van der Waals surface area contributed by atoms with E-state index in [1.165, 1.54) is 11.1 Å². The zero-order valence-corrected chi connectivity index (χ0v) is 18.3. The van der Waals surface area contributed by atoms with E-state index in [1.54, 1.807) is 18.0 Å². The molecule has 2 heterocycles. The van der Waals surface area contributed by atoms with Crippen molar-refractivity contribution in [2.45, 2.75) is 37.9 Å². The molecule has 154 valence electrons. The molecule has 0 aliphatic heterocycles. The molecule has 7 heteroatoms. The topological polar surface area (TPSA) is 57.8 Å². The Bertz CT molecular complexity index is 1120. The van der Waals surface area contributed by atoms with Crippen molar-refractivity contribution in [1.82, 2.24) is 24.3 Å². The van der Waals surface area contributed by atoms with Crippen LogP contribution in [-0.2, 0) is 26.0 Å². The minimum absolute atomic E-state index is 0.457. The number of hydrogen-bond donors (Lipinski definition) is 0. The lowest BCUT2D eigenvalue weighted by atomic mass is 10.1. The van der Waals surface area contributed by atoms with Crippen molar-refractivity contribution in [2.24, 2.45) is 7.05 Å². The summed E-state index contributed by atoms with van der Waals surface area (Å²) in [7, 11) is 1.96. The summed E-state index contributed by atoms with van der Waals surface area (Å²) in [4.78, 5) is 4.28. The summed E-state index contributed by atoms with van der Waals surface area (Å²) < 4.78 is 9.96. The Morgan fingerprint density at radius 1 is 1.07 bits per heavy atom. The second-order valence-corrected chi connectivity index (χ2v) is 8.04. The number of benzene rings is 2. The van der Waals surface area contributed by atoms with Gasteiger partial charge in [-0.2, -0.15) is 0 Å². The smallest absolute Gasteiger partial charge is 0.191 e. The average Bonchev–Trinajstić information content (AvgIpc) is 3.37. The van der Waals surface area contributed by atoms with Crippen molar-refractivity contribution in [3.8, 4) is 17.1 Å². The van der Waals surface area contributed by atoms with Crippen LogP contribution in [0, 0.1) is 6.92 Å². The van der Waals surface area contributed by atoms with Gasteiger partial charge in [0.2, 0.25) is 0 Å². The molecule has 6 nitrogen and oxygen atoms in total. The highest BCUT2D eigenvalue weighted by Gasteiger charge is 2.13. The summed E-state index contributed by atoms with van der Waals surface area (Å²) >= 11 is 1.70. The normalized spacial score (nSPS) is 11.0. The Labute approximate surface area is 180 Å². The molecule has 0 saturated heterocycles. The SMILES string of the molecule is CCn1c(SCc2ccc(OCc3nccn3C)cc2)nnc1-c1cccc(C)c1. The van der Waals surface area contributed by atoms with Crippen molar-refractivity contribution < 1.29 is 4.74 Å². The molecule has 0 amide bonds. The lowest BCUT2D eigenvalue weighted by Crippen LogP contribution is -2.02. The summed E-state index contributed by atoms with van der Waals surface area (Å²) in [6.07, 6.45) is 3.69. The van der Waals surface area contributed by atoms with Crippen LogP contribution in [0.15, 0.2) is 66.1 Å². The number of ether oxygens (including phenoxy) is 1. The van der Waals surface area contributed by atoms with Gasteiger partial charge in [-0.3, -0.25) is 0 Å². The van der Waals surface area contributed by atoms with E-state index in [1.807, 2.05) is 29.9 Å². The first kappa shape index (κ1) is 20.2. The van der Waals surface area contributed by atoms with Gasteiger partial charge in [-0.1, -0.05) is 47.7 Å². The van der Waals surface area contributed by atoms with Crippen molar-refractivity contribution in [1.29, 1.82) is 0 Å². The van der Waals surface area contributed by atoms with Crippen molar-refractivity contribution in [3.05, 3.63) is 77.9 Å². The highest BCUT2D eigenvalue weighted by Crippen LogP contribution is 2.27. The molecule has 0 aliphatic rings. The highest BCUT2D eigenvalue weighted by atomic mass is 32.2. The Morgan fingerprint density at radius 3 is 2.60 bits per heavy atom. The molecule has 2 aromatic heterocycles. The summed E-state index contributed by atoms with van der Waals surface area (Å²) in [5, 5.41) is 9.81. The molecule has 0 aliphatic carbocycles. The van der Waals surface area contributed by atoms with Gasteiger partial charge in [0.1, 0.15) is 18.2 Å². The lowest BCUT2D eigenvalue weighted by Gasteiger charge is -2.09. The Hall–Kier alpha value is -3.06. The summed E-state index contributed by atoms with van der Waals surface area (Å²) in [5.41, 5.74) is 3.54. The lowest BCUT2D eigenvalue weighted by molar-refractivity contribution is 0.292. The third-order valence-corrected chi connectivity index (χ3v) is 5.93. The second-order valence-electron chi connectivity index (χ2n) is 7.10. The number of imidazole rings is 1. The van der Waals surface area contributed by atoms with Crippen LogP contribution in [0.25, 0.3) is 11.4 Å². The van der Waals surface area contributed by atoms with E-state index in [2.05, 4.69) is 70.0 Å². The van der Waals surface area contributed by atoms with E-state index < -0.39 is 0 Å². The minimum Gasteiger partial charge on any atom is -0.486 e. The van der Waals surface area contributed by atoms with Gasteiger partial charge in [0.15, 0.2) is 11.0 Å². The summed E-state index contributed by atoms with van der Waals surface area (Å²) in [6, 6.07) is 16.6. The molecule has 0 saturated carbocycles. The third kappa shape index (κ3) is 4.57. The van der Waals surface area contributed by atoms with Gasteiger partial charge in [0.25, 0.3) is 0 Å². The van der Waals surface area contributed by atoms with Crippen LogP contribution in [-0.4, -0.2) is 24.3 Å². The van der Waals surface area contributed by atoms with E-state index in [-0.39, 0.29) is 0 Å². The molecule has 2 aromatic carbocycles. The molecule has 0 spiro atoms. The van der Waals surface area contributed by atoms with E-state index in [0.29, 0.717) is 6.61 Å². The van der Waals surface area contributed by atoms with Crippen LogP contribution in [0.1, 0.15) is 23.9 Å². The predicted octanol–water partition coefficient (Wildman–Crippen LogP) is 4.88. The molecule has 0 atom stereocenters. The van der Waals surface area contributed by atoms with Crippen molar-refractivity contribution >= 4 is 11.8 Å². The maximum absolute atomic E-state index is 5.83. The molecular formula is C23H25N5OS. The largest absolute Gasteiger partial charge is 0.486 e. The van der Waals surface area contributed by atoms with Crippen LogP contribution in [0.3, 0.4) is 0 Å². The van der Waals surface area contributed by atoms with Gasteiger partial charge < -0.3 is 13.9 Å². The van der Waals surface area contributed by atoms with E-state index in [0.717, 1.165) is 40.4 Å². The van der Waals surface area contributed by atoms with Crippen LogP contribution < -0.4 is 4.74 Å². The Morgan fingerprint density at radius 2 is 1.90 bits per heavy atom. The maximum Gasteiger partial charge on any atom is 0.191 e. The number of hydrogen-bond acceptors (Lipinski definition) is 5. The van der Waals surface area contributed by atoms with Crippen molar-refractivity contribution in [2.75, 3.05) is 0 Å². The first-order valence-electron chi connectivity index (χ1n) is 9.95.